The van der Waals surface area contributed by atoms with E-state index in [-0.39, 0.29) is 0 Å². The molecular weight excluding hydrogens is 156 g/mol. The van der Waals surface area contributed by atoms with Gasteiger partial charge < -0.3 is 5.73 Å². The van der Waals surface area contributed by atoms with Crippen LogP contribution in [0.3, 0.4) is 0 Å². The van der Waals surface area contributed by atoms with Crippen LogP contribution >= 0.6 is 0 Å². The van der Waals surface area contributed by atoms with E-state index >= 15 is 0 Å². The normalized spacial score (nSPS) is 9.55. The smallest absolute Gasteiger partial charge is 0.0998 e. The zero-order valence-corrected chi connectivity index (χ0v) is 7.19. The third-order valence-electron chi connectivity index (χ3n) is 1.60. The van der Waals surface area contributed by atoms with Crippen LogP contribution in [0.25, 0.3) is 0 Å². The number of aryl methyl sites for hydroxylation is 1. The first-order valence-electron chi connectivity index (χ1n) is 3.49. The van der Waals surface area contributed by atoms with Crippen LogP contribution in [-0.2, 0) is 18.8 Å². The molecule has 2 nitrogen and oxygen atoms in total. The van der Waals surface area contributed by atoms with Crippen molar-refractivity contribution in [2.45, 2.75) is 13.3 Å². The fourth-order valence-electron chi connectivity index (χ4n) is 0.907. The second-order valence-electron chi connectivity index (χ2n) is 2.34. The van der Waals surface area contributed by atoms with Gasteiger partial charge in [0.05, 0.1) is 11.4 Å². The molecule has 0 bridgehead atoms. The lowest BCUT2D eigenvalue weighted by molar-refractivity contribution is 1.14. The number of nitrogens with zero attached hydrogens (tertiary/aromatic N) is 1. The van der Waals surface area contributed by atoms with Crippen LogP contribution in [0.5, 0.6) is 0 Å². The van der Waals surface area contributed by atoms with E-state index < -0.39 is 0 Å². The molecule has 2 N–H and O–H groups in total. The fraction of sp³-hybridized carbons (Fsp3) is 0.250. The summed E-state index contributed by atoms with van der Waals surface area (Å²) in [5, 5.41) is 0. The van der Waals surface area contributed by atoms with Gasteiger partial charge in [-0.2, -0.15) is 4.36 Å². The Balaban J connectivity index is 3.09. The summed E-state index contributed by atoms with van der Waals surface area (Å²) in [6.07, 6.45) is 0.988. The Kier molecular flexibility index (Phi) is 2.54. The predicted molar refractivity (Wildman–Crippen MR) is 49.7 cm³/mol. The Morgan fingerprint density at radius 3 is 2.73 bits per heavy atom. The lowest BCUT2D eigenvalue weighted by Crippen LogP contribution is -1.87. The number of benzene rings is 1. The van der Waals surface area contributed by atoms with Gasteiger partial charge in [-0.1, -0.05) is 13.0 Å². The summed E-state index contributed by atoms with van der Waals surface area (Å²) in [6.45, 7) is 2.08. The first kappa shape index (κ1) is 8.14. The van der Waals surface area contributed by atoms with E-state index in [4.69, 9.17) is 5.73 Å². The van der Waals surface area contributed by atoms with Crippen molar-refractivity contribution in [1.82, 2.24) is 0 Å². The largest absolute Gasteiger partial charge is 0.397 e. The molecule has 1 rings (SSSR count). The van der Waals surface area contributed by atoms with E-state index in [1.165, 1.54) is 5.56 Å². The van der Waals surface area contributed by atoms with E-state index in [1.807, 2.05) is 18.2 Å². The Labute approximate surface area is 71.6 Å². The second kappa shape index (κ2) is 3.44. The van der Waals surface area contributed by atoms with Crippen LogP contribution in [0.15, 0.2) is 22.6 Å². The molecule has 0 amide bonds. The van der Waals surface area contributed by atoms with Crippen molar-refractivity contribution in [3.63, 3.8) is 0 Å². The highest BCUT2D eigenvalue weighted by atomic mass is 32.1. The van der Waals surface area contributed by atoms with E-state index in [1.54, 1.807) is 0 Å². The summed E-state index contributed by atoms with van der Waals surface area (Å²) in [5.74, 6) is 0. The topological polar surface area (TPSA) is 38.4 Å². The van der Waals surface area contributed by atoms with E-state index in [0.717, 1.165) is 6.42 Å². The molecule has 0 fully saturated rings. The maximum absolute atomic E-state index is 5.65. The summed E-state index contributed by atoms with van der Waals surface area (Å²) in [6, 6.07) is 5.74. The Morgan fingerprint density at radius 1 is 1.55 bits per heavy atom. The van der Waals surface area contributed by atoms with Crippen LogP contribution < -0.4 is 5.73 Å². The van der Waals surface area contributed by atoms with Gasteiger partial charge in [-0.25, -0.2) is 0 Å². The number of anilines is 1. The molecule has 11 heavy (non-hydrogen) atoms. The average molecular weight is 166 g/mol. The zero-order chi connectivity index (χ0) is 8.27. The summed E-state index contributed by atoms with van der Waals surface area (Å²) in [5.41, 5.74) is 8.22. The molecule has 0 saturated heterocycles. The maximum Gasteiger partial charge on any atom is 0.0998 e. The van der Waals surface area contributed by atoms with Crippen molar-refractivity contribution >= 4 is 23.8 Å². The molecule has 1 aromatic rings. The number of hydrogen-bond donors (Lipinski definition) is 1. The van der Waals surface area contributed by atoms with Gasteiger partial charge in [-0.15, -0.1) is 0 Å². The maximum atomic E-state index is 5.65. The first-order chi connectivity index (χ1) is 5.27. The highest BCUT2D eigenvalue weighted by molar-refractivity contribution is 7.47. The minimum Gasteiger partial charge on any atom is -0.397 e. The molecule has 58 valence electrons. The summed E-state index contributed by atoms with van der Waals surface area (Å²) in [7, 11) is 0. The molecule has 0 aliphatic carbocycles. The molecule has 1 aromatic carbocycles. The number of nitrogens with two attached hydrogens (primary N) is 1. The summed E-state index contributed by atoms with van der Waals surface area (Å²) >= 11 is 4.53. The average Bonchev–Trinajstić information content (AvgIpc) is 2.04. The molecule has 0 heterocycles. The van der Waals surface area contributed by atoms with Crippen molar-refractivity contribution in [3.05, 3.63) is 23.8 Å². The third-order valence-corrected chi connectivity index (χ3v) is 1.80. The Morgan fingerprint density at radius 2 is 2.27 bits per heavy atom. The molecule has 0 aliphatic rings. The van der Waals surface area contributed by atoms with Crippen molar-refractivity contribution in [2.75, 3.05) is 5.73 Å². The lowest BCUT2D eigenvalue weighted by Gasteiger charge is -2.00. The Hall–Kier alpha value is -0.960. The predicted octanol–water partition coefficient (Wildman–Crippen LogP) is 2.19. The van der Waals surface area contributed by atoms with Crippen molar-refractivity contribution < 1.29 is 0 Å². The molecule has 0 atom stereocenters. The minimum atomic E-state index is 0.666. The Bertz CT molecular complexity index is 271. The van der Waals surface area contributed by atoms with Gasteiger partial charge in [0.15, 0.2) is 0 Å². The fourth-order valence-corrected chi connectivity index (χ4v) is 1.07. The van der Waals surface area contributed by atoms with Crippen LogP contribution in [0.4, 0.5) is 11.4 Å². The number of rotatable bonds is 2. The molecule has 0 saturated carbocycles. The first-order valence-corrected chi connectivity index (χ1v) is 3.86. The van der Waals surface area contributed by atoms with Crippen LogP contribution in [0.1, 0.15) is 12.5 Å². The van der Waals surface area contributed by atoms with Gasteiger partial charge >= 0.3 is 0 Å². The molecule has 0 radical (unpaired) electrons. The van der Waals surface area contributed by atoms with Gasteiger partial charge in [0.2, 0.25) is 0 Å². The minimum absolute atomic E-state index is 0.666. The lowest BCUT2D eigenvalue weighted by atomic mass is 10.1. The van der Waals surface area contributed by atoms with E-state index in [9.17, 15) is 0 Å². The van der Waals surface area contributed by atoms with Gasteiger partial charge in [-0.3, -0.25) is 0 Å². The van der Waals surface area contributed by atoms with Crippen LogP contribution in [0.2, 0.25) is 0 Å². The summed E-state index contributed by atoms with van der Waals surface area (Å²) in [4.78, 5) is 0. The molecule has 3 heteroatoms. The monoisotopic (exact) mass is 166 g/mol. The van der Waals surface area contributed by atoms with Crippen LogP contribution in [-0.4, -0.2) is 0 Å². The van der Waals surface area contributed by atoms with Crippen molar-refractivity contribution in [2.24, 2.45) is 4.36 Å². The molecule has 0 spiro atoms. The third kappa shape index (κ3) is 1.74. The molecule has 0 aliphatic heterocycles. The highest BCUT2D eigenvalue weighted by Crippen LogP contribution is 2.22. The van der Waals surface area contributed by atoms with Gasteiger partial charge in [0.1, 0.15) is 0 Å². The van der Waals surface area contributed by atoms with Crippen molar-refractivity contribution in [3.8, 4) is 0 Å². The standard InChI is InChI=1S/C8H10N2S/c1-2-6-3-4-8(10-11)7(9)5-6/h3-5H,2,9H2,1H3. The summed E-state index contributed by atoms with van der Waals surface area (Å²) < 4.78 is 3.60. The van der Waals surface area contributed by atoms with E-state index in [0.29, 0.717) is 11.4 Å². The van der Waals surface area contributed by atoms with E-state index in [2.05, 4.69) is 23.7 Å². The number of hydrogen-bond acceptors (Lipinski definition) is 3. The molecular formula is C8H10N2S. The molecule has 0 aromatic heterocycles. The second-order valence-corrected chi connectivity index (χ2v) is 2.52. The number of nitrogen functional groups attached to an aromatic ring is 1. The zero-order valence-electron chi connectivity index (χ0n) is 6.37. The van der Waals surface area contributed by atoms with Gasteiger partial charge in [0, 0.05) is 12.4 Å². The quantitative estimate of drug-likeness (QED) is 0.684. The SMILES string of the molecule is CCc1ccc(N=S)c(N)c1. The molecule has 0 unspecified atom stereocenters. The van der Waals surface area contributed by atoms with Crippen molar-refractivity contribution in [1.29, 1.82) is 0 Å². The van der Waals surface area contributed by atoms with Gasteiger partial charge in [-0.05, 0) is 24.1 Å². The van der Waals surface area contributed by atoms with Gasteiger partial charge in [0.25, 0.3) is 0 Å². The highest BCUT2D eigenvalue weighted by Gasteiger charge is 1.96. The van der Waals surface area contributed by atoms with Crippen LogP contribution in [0, 0.1) is 0 Å².